The molecule has 0 saturated heterocycles. The van der Waals surface area contributed by atoms with E-state index in [0.717, 1.165) is 5.56 Å². The normalized spacial score (nSPS) is 11.3. The minimum absolute atomic E-state index is 0.00397. The van der Waals surface area contributed by atoms with Crippen molar-refractivity contribution >= 4 is 33.3 Å². The summed E-state index contributed by atoms with van der Waals surface area (Å²) in [5.41, 5.74) is 1.93. The van der Waals surface area contributed by atoms with Crippen LogP contribution in [0.15, 0.2) is 23.1 Å². The van der Waals surface area contributed by atoms with Gasteiger partial charge in [-0.05, 0) is 38.5 Å². The molecule has 0 aliphatic heterocycles. The molecular weight excluding hydrogens is 340 g/mol. The van der Waals surface area contributed by atoms with Gasteiger partial charge in [0.05, 0.1) is 12.8 Å². The topological polar surface area (TPSA) is 88.3 Å². The predicted molar refractivity (Wildman–Crippen MR) is 88.6 cm³/mol. The molecule has 0 amide bonds. The zero-order valence-corrected chi connectivity index (χ0v) is 14.7. The van der Waals surface area contributed by atoms with E-state index in [1.165, 1.54) is 13.2 Å². The molecular formula is C15H17ClN2O4S. The number of rotatable bonds is 4. The number of aryl methyl sites for hydroxylation is 3. The van der Waals surface area contributed by atoms with Crippen LogP contribution >= 0.6 is 11.6 Å². The van der Waals surface area contributed by atoms with Crippen molar-refractivity contribution in [2.24, 2.45) is 0 Å². The summed E-state index contributed by atoms with van der Waals surface area (Å²) >= 11 is 6.01. The molecule has 6 nitrogen and oxygen atoms in total. The highest BCUT2D eigenvalue weighted by molar-refractivity contribution is 7.92. The van der Waals surface area contributed by atoms with Gasteiger partial charge in [-0.3, -0.25) is 4.72 Å². The highest BCUT2D eigenvalue weighted by atomic mass is 35.5. The quantitative estimate of drug-likeness (QED) is 0.823. The number of carbonyl (C=O) groups excluding carboxylic acids is 1. The highest BCUT2D eigenvalue weighted by Crippen LogP contribution is 2.28. The summed E-state index contributed by atoms with van der Waals surface area (Å²) in [6, 6.07) is 4.82. The van der Waals surface area contributed by atoms with Crippen LogP contribution in [-0.2, 0) is 14.8 Å². The van der Waals surface area contributed by atoms with Gasteiger partial charge in [-0.15, -0.1) is 0 Å². The highest BCUT2D eigenvalue weighted by Gasteiger charge is 2.29. The smallest absolute Gasteiger partial charge is 0.341 e. The van der Waals surface area contributed by atoms with Crippen molar-refractivity contribution < 1.29 is 17.9 Å². The van der Waals surface area contributed by atoms with Gasteiger partial charge in [-0.1, -0.05) is 17.7 Å². The molecule has 1 heterocycles. The third-order valence-corrected chi connectivity index (χ3v) is 5.36. The van der Waals surface area contributed by atoms with Crippen molar-refractivity contribution in [2.75, 3.05) is 11.8 Å². The summed E-state index contributed by atoms with van der Waals surface area (Å²) < 4.78 is 32.5. The Morgan fingerprint density at radius 2 is 1.87 bits per heavy atom. The number of benzene rings is 1. The average Bonchev–Trinajstić information content (AvgIpc) is 2.77. The van der Waals surface area contributed by atoms with Crippen LogP contribution in [0, 0.1) is 20.8 Å². The average molecular weight is 357 g/mol. The molecule has 2 N–H and O–H groups in total. The predicted octanol–water partition coefficient (Wildman–Crippen LogP) is 3.18. The Kier molecular flexibility index (Phi) is 4.72. The monoisotopic (exact) mass is 356 g/mol. The Labute approximate surface area is 139 Å². The minimum atomic E-state index is -3.98. The molecule has 0 saturated carbocycles. The maximum atomic E-state index is 12.7. The maximum Gasteiger partial charge on any atom is 0.341 e. The lowest BCUT2D eigenvalue weighted by Crippen LogP contribution is -2.17. The van der Waals surface area contributed by atoms with E-state index < -0.39 is 16.0 Å². The first-order chi connectivity index (χ1) is 10.7. The minimum Gasteiger partial charge on any atom is -0.465 e. The van der Waals surface area contributed by atoms with Crippen LogP contribution in [0.5, 0.6) is 0 Å². The molecule has 0 aliphatic rings. The van der Waals surface area contributed by atoms with Crippen LogP contribution in [0.1, 0.15) is 27.3 Å². The standard InChI is InChI=1S/C15H17ClN2O4S/c1-8-5-6-11(7-12(8)16)18-23(20,21)14-10(3)17-9(2)13(14)15(19)22-4/h5-7,17-18H,1-4H3. The van der Waals surface area contributed by atoms with Crippen LogP contribution in [0.25, 0.3) is 0 Å². The molecule has 0 bridgehead atoms. The number of H-pyrrole nitrogens is 1. The molecule has 2 rings (SSSR count). The fourth-order valence-electron chi connectivity index (χ4n) is 2.30. The lowest BCUT2D eigenvalue weighted by molar-refractivity contribution is 0.0596. The van der Waals surface area contributed by atoms with Gasteiger partial charge in [-0.25, -0.2) is 13.2 Å². The summed E-state index contributed by atoms with van der Waals surface area (Å²) in [7, 11) is -2.78. The Bertz CT molecular complexity index is 872. The Morgan fingerprint density at radius 1 is 1.22 bits per heavy atom. The first-order valence-electron chi connectivity index (χ1n) is 6.74. The van der Waals surface area contributed by atoms with Gasteiger partial charge < -0.3 is 9.72 Å². The van der Waals surface area contributed by atoms with E-state index in [2.05, 4.69) is 14.4 Å². The third-order valence-electron chi connectivity index (χ3n) is 3.40. The number of hydrogen-bond acceptors (Lipinski definition) is 4. The number of halogens is 1. The molecule has 0 unspecified atom stereocenters. The van der Waals surface area contributed by atoms with E-state index in [0.29, 0.717) is 22.1 Å². The first kappa shape index (κ1) is 17.4. The van der Waals surface area contributed by atoms with Gasteiger partial charge in [0.2, 0.25) is 0 Å². The van der Waals surface area contributed by atoms with Crippen LogP contribution in [0.4, 0.5) is 5.69 Å². The molecule has 124 valence electrons. The fraction of sp³-hybridized carbons (Fsp3) is 0.267. The van der Waals surface area contributed by atoms with Gasteiger partial charge in [0.25, 0.3) is 10.0 Å². The van der Waals surface area contributed by atoms with Gasteiger partial charge in [-0.2, -0.15) is 0 Å². The number of ether oxygens (including phenoxy) is 1. The molecule has 0 fully saturated rings. The zero-order valence-electron chi connectivity index (χ0n) is 13.2. The summed E-state index contributed by atoms with van der Waals surface area (Å²) in [4.78, 5) is 14.6. The molecule has 0 spiro atoms. The van der Waals surface area contributed by atoms with Crippen molar-refractivity contribution in [3.05, 3.63) is 45.7 Å². The van der Waals surface area contributed by atoms with Gasteiger partial charge in [0.15, 0.2) is 0 Å². The Morgan fingerprint density at radius 3 is 2.43 bits per heavy atom. The van der Waals surface area contributed by atoms with Crippen molar-refractivity contribution in [1.29, 1.82) is 0 Å². The Balaban J connectivity index is 2.52. The van der Waals surface area contributed by atoms with E-state index in [-0.39, 0.29) is 10.5 Å². The fourth-order valence-corrected chi connectivity index (χ4v) is 3.98. The number of aromatic amines is 1. The second-order valence-electron chi connectivity index (χ2n) is 5.14. The summed E-state index contributed by atoms with van der Waals surface area (Å²) in [5, 5.41) is 0.445. The van der Waals surface area contributed by atoms with Crippen LogP contribution in [-0.4, -0.2) is 26.5 Å². The van der Waals surface area contributed by atoms with Crippen LogP contribution < -0.4 is 4.72 Å². The number of anilines is 1. The van der Waals surface area contributed by atoms with E-state index in [9.17, 15) is 13.2 Å². The Hall–Kier alpha value is -1.99. The second kappa shape index (κ2) is 6.25. The number of hydrogen-bond donors (Lipinski definition) is 2. The van der Waals surface area contributed by atoms with Gasteiger partial charge in [0.1, 0.15) is 10.5 Å². The number of sulfonamides is 1. The maximum absolute atomic E-state index is 12.7. The van der Waals surface area contributed by atoms with Crippen LogP contribution in [0.3, 0.4) is 0 Å². The number of nitrogens with one attached hydrogen (secondary N) is 2. The van der Waals surface area contributed by atoms with E-state index in [1.807, 2.05) is 6.92 Å². The first-order valence-corrected chi connectivity index (χ1v) is 8.60. The molecule has 0 radical (unpaired) electrons. The van der Waals surface area contributed by atoms with Crippen molar-refractivity contribution in [3.8, 4) is 0 Å². The summed E-state index contributed by atoms with van der Waals surface area (Å²) in [5.74, 6) is -0.714. The van der Waals surface area contributed by atoms with E-state index in [4.69, 9.17) is 11.6 Å². The van der Waals surface area contributed by atoms with Gasteiger partial charge in [0, 0.05) is 16.4 Å². The van der Waals surface area contributed by atoms with E-state index >= 15 is 0 Å². The summed E-state index contributed by atoms with van der Waals surface area (Å²) in [6.07, 6.45) is 0. The molecule has 1 aromatic carbocycles. The van der Waals surface area contributed by atoms with Crippen LogP contribution in [0.2, 0.25) is 5.02 Å². The molecule has 2 aromatic rings. The SMILES string of the molecule is COC(=O)c1c(C)[nH]c(C)c1S(=O)(=O)Nc1ccc(C)c(Cl)c1. The van der Waals surface area contributed by atoms with Crippen molar-refractivity contribution in [3.63, 3.8) is 0 Å². The number of aromatic nitrogens is 1. The molecule has 8 heteroatoms. The summed E-state index contributed by atoms with van der Waals surface area (Å²) in [6.45, 7) is 5.01. The third kappa shape index (κ3) is 3.35. The molecule has 1 aromatic heterocycles. The van der Waals surface area contributed by atoms with E-state index in [1.54, 1.807) is 26.0 Å². The van der Waals surface area contributed by atoms with Crippen molar-refractivity contribution in [2.45, 2.75) is 25.7 Å². The van der Waals surface area contributed by atoms with Gasteiger partial charge >= 0.3 is 5.97 Å². The zero-order chi connectivity index (χ0) is 17.4. The molecule has 0 aliphatic carbocycles. The lowest BCUT2D eigenvalue weighted by Gasteiger charge is -2.10. The lowest BCUT2D eigenvalue weighted by atomic mass is 10.2. The number of esters is 1. The number of carbonyl (C=O) groups is 1. The number of methoxy groups -OCH3 is 1. The molecule has 0 atom stereocenters. The molecule has 23 heavy (non-hydrogen) atoms. The second-order valence-corrected chi connectivity index (χ2v) is 7.17. The largest absolute Gasteiger partial charge is 0.465 e. The van der Waals surface area contributed by atoms with Crippen molar-refractivity contribution in [1.82, 2.24) is 4.98 Å².